The van der Waals surface area contributed by atoms with Gasteiger partial charge < -0.3 is 29.0 Å². The van der Waals surface area contributed by atoms with Crippen molar-refractivity contribution < 1.29 is 19.0 Å². The number of methoxy groups -OCH3 is 2. The van der Waals surface area contributed by atoms with Gasteiger partial charge in [-0.1, -0.05) is 12.1 Å². The molecule has 2 aromatic carbocycles. The summed E-state index contributed by atoms with van der Waals surface area (Å²) in [5, 5.41) is 3.01. The first-order chi connectivity index (χ1) is 15.1. The molecule has 4 rings (SSSR count). The van der Waals surface area contributed by atoms with E-state index in [-0.39, 0.29) is 12.1 Å². The summed E-state index contributed by atoms with van der Waals surface area (Å²) in [6.45, 7) is 3.92. The summed E-state index contributed by atoms with van der Waals surface area (Å²) in [4.78, 5) is 15.2. The summed E-state index contributed by atoms with van der Waals surface area (Å²) in [6.07, 6.45) is 2.06. The zero-order chi connectivity index (χ0) is 21.8. The van der Waals surface area contributed by atoms with Crippen molar-refractivity contribution in [2.24, 2.45) is 0 Å². The van der Waals surface area contributed by atoms with Gasteiger partial charge in [0, 0.05) is 36.7 Å². The topological polar surface area (TPSA) is 65.0 Å². The van der Waals surface area contributed by atoms with Gasteiger partial charge in [-0.25, -0.2) is 4.79 Å². The van der Waals surface area contributed by atoms with Crippen LogP contribution in [0.5, 0.6) is 17.2 Å². The predicted molar refractivity (Wildman–Crippen MR) is 119 cm³/mol. The van der Waals surface area contributed by atoms with E-state index >= 15 is 0 Å². The maximum Gasteiger partial charge on any atom is 0.322 e. The third-order valence-electron chi connectivity index (χ3n) is 5.44. The van der Waals surface area contributed by atoms with Gasteiger partial charge in [0.15, 0.2) is 11.5 Å². The van der Waals surface area contributed by atoms with Gasteiger partial charge in [-0.05, 0) is 48.9 Å². The van der Waals surface area contributed by atoms with E-state index in [0.717, 1.165) is 23.6 Å². The van der Waals surface area contributed by atoms with Gasteiger partial charge in [0.1, 0.15) is 5.75 Å². The first-order valence-electron chi connectivity index (χ1n) is 10.3. The lowest BCUT2D eigenvalue weighted by Gasteiger charge is -2.37. The molecule has 2 amide bonds. The molecule has 7 nitrogen and oxygen atoms in total. The Hall–Kier alpha value is -3.61. The number of carbonyl (C=O) groups excluding carboxylic acids is 1. The lowest BCUT2D eigenvalue weighted by molar-refractivity contribution is 0.182. The number of aromatic nitrogens is 1. The van der Waals surface area contributed by atoms with E-state index in [1.807, 2.05) is 42.2 Å². The number of anilines is 1. The summed E-state index contributed by atoms with van der Waals surface area (Å²) in [5.74, 6) is 2.00. The van der Waals surface area contributed by atoms with Crippen LogP contribution < -0.4 is 19.5 Å². The minimum atomic E-state index is -0.195. The molecule has 1 aliphatic rings. The molecule has 2 heterocycles. The average molecular weight is 421 g/mol. The van der Waals surface area contributed by atoms with Gasteiger partial charge in [0.05, 0.1) is 26.9 Å². The minimum Gasteiger partial charge on any atom is -0.494 e. The molecule has 0 bridgehead atoms. The number of amides is 2. The summed E-state index contributed by atoms with van der Waals surface area (Å²) in [5.41, 5.74) is 2.76. The lowest BCUT2D eigenvalue weighted by atomic mass is 10.00. The molecule has 3 aromatic rings. The molecule has 1 N–H and O–H groups in total. The van der Waals surface area contributed by atoms with Crippen LogP contribution in [0.4, 0.5) is 10.5 Å². The highest BCUT2D eigenvalue weighted by Gasteiger charge is 2.32. The van der Waals surface area contributed by atoms with Crippen LogP contribution in [0, 0.1) is 0 Å². The normalized spacial score (nSPS) is 15.2. The summed E-state index contributed by atoms with van der Waals surface area (Å²) >= 11 is 0. The van der Waals surface area contributed by atoms with Crippen LogP contribution in [0.2, 0.25) is 0 Å². The van der Waals surface area contributed by atoms with Gasteiger partial charge in [-0.15, -0.1) is 0 Å². The Morgan fingerprint density at radius 1 is 1.03 bits per heavy atom. The Balaban J connectivity index is 1.62. The second kappa shape index (κ2) is 9.04. The Labute approximate surface area is 182 Å². The molecule has 162 valence electrons. The van der Waals surface area contributed by atoms with Crippen molar-refractivity contribution in [3.8, 4) is 17.2 Å². The number of rotatable bonds is 6. The fourth-order valence-electron chi connectivity index (χ4n) is 3.98. The Morgan fingerprint density at radius 3 is 2.52 bits per heavy atom. The third-order valence-corrected chi connectivity index (χ3v) is 5.44. The largest absolute Gasteiger partial charge is 0.494 e. The average Bonchev–Trinajstić information content (AvgIpc) is 3.28. The zero-order valence-electron chi connectivity index (χ0n) is 18.0. The summed E-state index contributed by atoms with van der Waals surface area (Å²) in [6, 6.07) is 17.0. The zero-order valence-corrected chi connectivity index (χ0v) is 18.0. The molecular formula is C24H27N3O4. The van der Waals surface area contributed by atoms with Crippen LogP contribution >= 0.6 is 0 Å². The molecule has 0 saturated carbocycles. The van der Waals surface area contributed by atoms with Crippen molar-refractivity contribution >= 4 is 11.7 Å². The van der Waals surface area contributed by atoms with Gasteiger partial charge >= 0.3 is 6.03 Å². The van der Waals surface area contributed by atoms with E-state index < -0.39 is 0 Å². The van der Waals surface area contributed by atoms with E-state index in [2.05, 4.69) is 22.1 Å². The number of carbonyl (C=O) groups is 1. The Kier molecular flexibility index (Phi) is 6.02. The number of nitrogens with zero attached hydrogens (tertiary/aromatic N) is 2. The van der Waals surface area contributed by atoms with Crippen LogP contribution in [-0.4, -0.2) is 42.9 Å². The highest BCUT2D eigenvalue weighted by Crippen LogP contribution is 2.35. The van der Waals surface area contributed by atoms with E-state index in [1.165, 1.54) is 0 Å². The molecule has 1 unspecified atom stereocenters. The minimum absolute atomic E-state index is 0.168. The summed E-state index contributed by atoms with van der Waals surface area (Å²) in [7, 11) is 3.16. The molecule has 7 heteroatoms. The van der Waals surface area contributed by atoms with Gasteiger partial charge in [0.25, 0.3) is 0 Å². The van der Waals surface area contributed by atoms with Crippen molar-refractivity contribution in [2.75, 3.05) is 32.7 Å². The van der Waals surface area contributed by atoms with Gasteiger partial charge in [-0.3, -0.25) is 0 Å². The Morgan fingerprint density at radius 2 is 1.81 bits per heavy atom. The quantitative estimate of drug-likeness (QED) is 0.635. The highest BCUT2D eigenvalue weighted by atomic mass is 16.5. The number of hydrogen-bond acceptors (Lipinski definition) is 4. The molecule has 0 fully saturated rings. The third kappa shape index (κ3) is 4.17. The maximum atomic E-state index is 13.3. The van der Waals surface area contributed by atoms with Crippen molar-refractivity contribution in [3.63, 3.8) is 0 Å². The molecule has 1 aliphatic heterocycles. The SMILES string of the molecule is CCOc1ccc(C2c3cccn3CCN2C(=O)Nc2ccc(OC)c(OC)c2)cc1. The monoisotopic (exact) mass is 421 g/mol. The van der Waals surface area contributed by atoms with Crippen LogP contribution in [0.1, 0.15) is 24.2 Å². The summed E-state index contributed by atoms with van der Waals surface area (Å²) < 4.78 is 18.4. The van der Waals surface area contributed by atoms with Crippen LogP contribution in [0.15, 0.2) is 60.8 Å². The maximum absolute atomic E-state index is 13.3. The first-order valence-corrected chi connectivity index (χ1v) is 10.3. The van der Waals surface area contributed by atoms with Crippen molar-refractivity contribution in [1.29, 1.82) is 0 Å². The second-order valence-electron chi connectivity index (χ2n) is 7.22. The smallest absolute Gasteiger partial charge is 0.322 e. The molecule has 0 saturated heterocycles. The number of nitrogens with one attached hydrogen (secondary N) is 1. The van der Waals surface area contributed by atoms with Crippen molar-refractivity contribution in [2.45, 2.75) is 19.5 Å². The fourth-order valence-corrected chi connectivity index (χ4v) is 3.98. The second-order valence-corrected chi connectivity index (χ2v) is 7.22. The molecule has 1 atom stereocenters. The highest BCUT2D eigenvalue weighted by molar-refractivity contribution is 5.90. The standard InChI is InChI=1S/C24H27N3O4/c1-4-31-19-10-7-17(8-11-19)23-20-6-5-13-26(20)14-15-27(23)24(28)25-18-9-12-21(29-2)22(16-18)30-3/h5-13,16,23H,4,14-15H2,1-3H3,(H,25,28). The molecule has 0 aliphatic carbocycles. The number of fused-ring (bicyclic) bond motifs is 1. The fraction of sp³-hybridized carbons (Fsp3) is 0.292. The number of hydrogen-bond donors (Lipinski definition) is 1. The van der Waals surface area contributed by atoms with Crippen molar-refractivity contribution in [1.82, 2.24) is 9.47 Å². The van der Waals surface area contributed by atoms with Crippen LogP contribution in [-0.2, 0) is 6.54 Å². The molecule has 0 radical (unpaired) electrons. The lowest BCUT2D eigenvalue weighted by Crippen LogP contribution is -2.44. The molecule has 1 aromatic heterocycles. The van der Waals surface area contributed by atoms with E-state index in [4.69, 9.17) is 14.2 Å². The number of urea groups is 1. The van der Waals surface area contributed by atoms with E-state index in [0.29, 0.717) is 30.3 Å². The van der Waals surface area contributed by atoms with Gasteiger partial charge in [-0.2, -0.15) is 0 Å². The number of ether oxygens (including phenoxy) is 3. The predicted octanol–water partition coefficient (Wildman–Crippen LogP) is 4.54. The van der Waals surface area contributed by atoms with E-state index in [9.17, 15) is 4.79 Å². The molecule has 0 spiro atoms. The Bertz CT molecular complexity index is 1050. The number of benzene rings is 2. The molecular weight excluding hydrogens is 394 g/mol. The van der Waals surface area contributed by atoms with Gasteiger partial charge in [0.2, 0.25) is 0 Å². The van der Waals surface area contributed by atoms with Crippen LogP contribution in [0.3, 0.4) is 0 Å². The van der Waals surface area contributed by atoms with E-state index in [1.54, 1.807) is 32.4 Å². The first kappa shape index (κ1) is 20.7. The van der Waals surface area contributed by atoms with Crippen molar-refractivity contribution in [3.05, 3.63) is 72.1 Å². The van der Waals surface area contributed by atoms with Crippen LogP contribution in [0.25, 0.3) is 0 Å². The molecule has 31 heavy (non-hydrogen) atoms.